The fraction of sp³-hybridized carbons (Fsp3) is 0.500. The van der Waals surface area contributed by atoms with Gasteiger partial charge in [0.05, 0.1) is 20.6 Å². The Balaban J connectivity index is 2.28. The number of aliphatic imine (C=N–C) groups is 1. The lowest BCUT2D eigenvalue weighted by Gasteiger charge is -2.38. The summed E-state index contributed by atoms with van der Waals surface area (Å²) in [5, 5.41) is 0.290. The lowest BCUT2D eigenvalue weighted by molar-refractivity contribution is -0.872. The van der Waals surface area contributed by atoms with Gasteiger partial charge in [0.15, 0.2) is 11.0 Å². The number of hydrogen-bond donors (Lipinski definition) is 1. The molecule has 1 saturated heterocycles. The third-order valence-electron chi connectivity index (χ3n) is 4.70. The highest BCUT2D eigenvalue weighted by atomic mass is 32.1. The van der Waals surface area contributed by atoms with Gasteiger partial charge in [-0.15, -0.1) is 0 Å². The molecule has 0 spiro atoms. The van der Waals surface area contributed by atoms with Crippen molar-refractivity contribution in [2.45, 2.75) is 33.9 Å². The highest BCUT2D eigenvalue weighted by molar-refractivity contribution is 7.80. The molecule has 0 radical (unpaired) electrons. The molecule has 1 heterocycles. The van der Waals surface area contributed by atoms with Gasteiger partial charge in [0.25, 0.3) is 0 Å². The second kappa shape index (κ2) is 9.19. The zero-order valence-corrected chi connectivity index (χ0v) is 17.6. The standard InChI is InChI=1S/C20H28N4O2S/c1-6-23-18(25)17(19(26)24(7-2)20(23)27)14(3)21-12-15-10-8-9-11-16(15)13-22(4)5/h8-11,17H,6-7,12-13H2,1-5H3/p+1. The first-order chi connectivity index (χ1) is 12.8. The van der Waals surface area contributed by atoms with E-state index in [2.05, 4.69) is 25.2 Å². The first kappa shape index (κ1) is 21.2. The van der Waals surface area contributed by atoms with E-state index in [-0.39, 0.29) is 11.8 Å². The summed E-state index contributed by atoms with van der Waals surface area (Å²) < 4.78 is 0. The molecule has 1 fully saturated rings. The van der Waals surface area contributed by atoms with Crippen molar-refractivity contribution in [2.75, 3.05) is 27.2 Å². The third kappa shape index (κ3) is 4.59. The number of benzene rings is 1. The Hall–Kier alpha value is -2.12. The molecule has 7 heteroatoms. The van der Waals surface area contributed by atoms with Gasteiger partial charge < -0.3 is 4.90 Å². The van der Waals surface area contributed by atoms with E-state index >= 15 is 0 Å². The van der Waals surface area contributed by atoms with E-state index < -0.39 is 5.92 Å². The number of rotatable bonds is 7. The predicted molar refractivity (Wildman–Crippen MR) is 111 cm³/mol. The van der Waals surface area contributed by atoms with Crippen LogP contribution in [-0.2, 0) is 22.7 Å². The summed E-state index contributed by atoms with van der Waals surface area (Å²) in [5.74, 6) is -1.43. The molecule has 1 aliphatic heterocycles. The van der Waals surface area contributed by atoms with Gasteiger partial charge in [0.2, 0.25) is 11.8 Å². The second-order valence-electron chi connectivity index (χ2n) is 6.99. The molecule has 1 aromatic rings. The van der Waals surface area contributed by atoms with Crippen LogP contribution >= 0.6 is 12.2 Å². The van der Waals surface area contributed by atoms with Crippen molar-refractivity contribution in [3.8, 4) is 0 Å². The largest absolute Gasteiger partial charge is 0.336 e. The van der Waals surface area contributed by atoms with Crippen LogP contribution in [0.4, 0.5) is 0 Å². The average molecular weight is 390 g/mol. The van der Waals surface area contributed by atoms with Gasteiger partial charge in [-0.25, -0.2) is 0 Å². The van der Waals surface area contributed by atoms with Crippen molar-refractivity contribution in [3.63, 3.8) is 0 Å². The lowest BCUT2D eigenvalue weighted by atomic mass is 9.98. The number of amides is 2. The molecular formula is C20H29N4O2S+. The van der Waals surface area contributed by atoms with Crippen LogP contribution in [0, 0.1) is 5.92 Å². The maximum absolute atomic E-state index is 12.8. The molecule has 0 aromatic heterocycles. The maximum Gasteiger partial charge on any atom is 0.247 e. The minimum atomic E-state index is -0.886. The summed E-state index contributed by atoms with van der Waals surface area (Å²) in [6, 6.07) is 8.15. The van der Waals surface area contributed by atoms with E-state index in [0.29, 0.717) is 30.5 Å². The van der Waals surface area contributed by atoms with Gasteiger partial charge in [-0.3, -0.25) is 24.4 Å². The van der Waals surface area contributed by atoms with Gasteiger partial charge in [-0.2, -0.15) is 0 Å². The molecule has 146 valence electrons. The molecule has 1 aromatic carbocycles. The number of quaternary nitrogens is 1. The molecule has 0 saturated carbocycles. The van der Waals surface area contributed by atoms with E-state index in [1.807, 2.05) is 32.0 Å². The molecule has 0 unspecified atom stereocenters. The van der Waals surface area contributed by atoms with E-state index in [0.717, 1.165) is 12.1 Å². The summed E-state index contributed by atoms with van der Waals surface area (Å²) in [6.07, 6.45) is 0. The van der Waals surface area contributed by atoms with Crippen LogP contribution in [0.15, 0.2) is 29.3 Å². The van der Waals surface area contributed by atoms with Gasteiger partial charge in [0, 0.05) is 24.4 Å². The Bertz CT molecular complexity index is 734. The maximum atomic E-state index is 12.8. The summed E-state index contributed by atoms with van der Waals surface area (Å²) in [6.45, 7) is 7.71. The lowest BCUT2D eigenvalue weighted by Crippen LogP contribution is -3.04. The molecule has 0 bridgehead atoms. The van der Waals surface area contributed by atoms with Crippen LogP contribution in [0.1, 0.15) is 31.9 Å². The fourth-order valence-electron chi connectivity index (χ4n) is 3.26. The third-order valence-corrected chi connectivity index (χ3v) is 5.14. The number of nitrogens with zero attached hydrogens (tertiary/aromatic N) is 3. The predicted octanol–water partition coefficient (Wildman–Crippen LogP) is 0.904. The normalized spacial score (nSPS) is 16.7. The van der Waals surface area contributed by atoms with Gasteiger partial charge in [0.1, 0.15) is 6.54 Å². The van der Waals surface area contributed by atoms with Crippen LogP contribution in [0.2, 0.25) is 0 Å². The Morgan fingerprint density at radius 2 is 1.59 bits per heavy atom. The summed E-state index contributed by atoms with van der Waals surface area (Å²) >= 11 is 5.31. The average Bonchev–Trinajstić information content (AvgIpc) is 2.61. The van der Waals surface area contributed by atoms with E-state index in [9.17, 15) is 9.59 Å². The van der Waals surface area contributed by atoms with Crippen molar-refractivity contribution in [1.29, 1.82) is 0 Å². The Labute approximate surface area is 166 Å². The van der Waals surface area contributed by atoms with Crippen molar-refractivity contribution in [3.05, 3.63) is 35.4 Å². The van der Waals surface area contributed by atoms with Crippen LogP contribution in [0.25, 0.3) is 0 Å². The molecule has 2 rings (SSSR count). The topological polar surface area (TPSA) is 57.4 Å². The van der Waals surface area contributed by atoms with E-state index in [1.54, 1.807) is 6.92 Å². The minimum Gasteiger partial charge on any atom is -0.336 e. The first-order valence-electron chi connectivity index (χ1n) is 9.35. The molecule has 0 aliphatic carbocycles. The summed E-state index contributed by atoms with van der Waals surface area (Å²) in [7, 11) is 4.21. The van der Waals surface area contributed by atoms with Crippen LogP contribution < -0.4 is 4.90 Å². The van der Waals surface area contributed by atoms with Gasteiger partial charge in [-0.05, 0) is 38.6 Å². The fourth-order valence-corrected chi connectivity index (χ4v) is 3.70. The van der Waals surface area contributed by atoms with E-state index in [1.165, 1.54) is 20.3 Å². The molecular weight excluding hydrogens is 360 g/mol. The van der Waals surface area contributed by atoms with Crippen molar-refractivity contribution in [1.82, 2.24) is 9.80 Å². The number of hydrogen-bond acceptors (Lipinski definition) is 4. The molecule has 1 N–H and O–H groups in total. The molecule has 0 atom stereocenters. The highest BCUT2D eigenvalue weighted by Gasteiger charge is 2.43. The molecule has 2 amide bonds. The highest BCUT2D eigenvalue weighted by Crippen LogP contribution is 2.20. The Morgan fingerprint density at radius 1 is 1.07 bits per heavy atom. The minimum absolute atomic E-state index is 0.274. The van der Waals surface area contributed by atoms with Crippen molar-refractivity contribution >= 4 is 34.9 Å². The number of carbonyl (C=O) groups excluding carboxylic acids is 2. The quantitative estimate of drug-likeness (QED) is 0.428. The van der Waals surface area contributed by atoms with Gasteiger partial charge >= 0.3 is 0 Å². The smallest absolute Gasteiger partial charge is 0.247 e. The second-order valence-corrected chi connectivity index (χ2v) is 7.36. The zero-order valence-electron chi connectivity index (χ0n) is 16.8. The van der Waals surface area contributed by atoms with Crippen LogP contribution in [0.3, 0.4) is 0 Å². The monoisotopic (exact) mass is 389 g/mol. The SMILES string of the molecule is CCN1C(=O)C(C(C)=NCc2ccccc2C[NH+](C)C)C(=O)N(CC)C1=S. The molecule has 6 nitrogen and oxygen atoms in total. The summed E-state index contributed by atoms with van der Waals surface area (Å²) in [4.78, 5) is 34.6. The summed E-state index contributed by atoms with van der Waals surface area (Å²) in [5.41, 5.74) is 2.88. The molecule has 1 aliphatic rings. The number of carbonyl (C=O) groups is 2. The first-order valence-corrected chi connectivity index (χ1v) is 9.76. The van der Waals surface area contributed by atoms with Crippen molar-refractivity contribution in [2.24, 2.45) is 10.9 Å². The van der Waals surface area contributed by atoms with Crippen LogP contribution in [-0.4, -0.2) is 59.6 Å². The number of nitrogens with one attached hydrogen (secondary N) is 1. The van der Waals surface area contributed by atoms with Crippen LogP contribution in [0.5, 0.6) is 0 Å². The van der Waals surface area contributed by atoms with Crippen molar-refractivity contribution < 1.29 is 14.5 Å². The van der Waals surface area contributed by atoms with E-state index in [4.69, 9.17) is 12.2 Å². The Morgan fingerprint density at radius 3 is 2.07 bits per heavy atom. The van der Waals surface area contributed by atoms with Gasteiger partial charge in [-0.1, -0.05) is 24.3 Å². The molecule has 27 heavy (non-hydrogen) atoms. The Kier molecular flexibility index (Phi) is 7.21. The zero-order chi connectivity index (χ0) is 20.1. The number of thiocarbonyl (C=S) groups is 1.